The Bertz CT molecular complexity index is 934. The van der Waals surface area contributed by atoms with Crippen molar-refractivity contribution in [2.75, 3.05) is 34.5 Å². The maximum Gasteiger partial charge on any atom is 0.244 e. The monoisotopic (exact) mass is 477 g/mol. The molecule has 1 aliphatic heterocycles. The van der Waals surface area contributed by atoms with Crippen LogP contribution in [0, 0.1) is 0 Å². The summed E-state index contributed by atoms with van der Waals surface area (Å²) in [5, 5.41) is 2.95. The topological polar surface area (TPSA) is 75.3 Å². The Kier molecular flexibility index (Phi) is 7.10. The summed E-state index contributed by atoms with van der Waals surface area (Å²) in [6.45, 7) is 2.94. The number of amides is 1. The highest BCUT2D eigenvalue weighted by molar-refractivity contribution is 9.10. The van der Waals surface area contributed by atoms with Gasteiger partial charge in [0.2, 0.25) is 11.7 Å². The molecule has 8 heteroatoms. The molecule has 1 N–H and O–H groups in total. The number of rotatable bonds is 7. The Balaban J connectivity index is 1.73. The lowest BCUT2D eigenvalue weighted by Crippen LogP contribution is -2.25. The highest BCUT2D eigenvalue weighted by Crippen LogP contribution is 2.39. The zero-order valence-corrected chi connectivity index (χ0v) is 18.9. The number of halogens is 1. The summed E-state index contributed by atoms with van der Waals surface area (Å²) in [7, 11) is 4.63. The molecule has 0 aromatic heterocycles. The number of fused-ring (bicyclic) bond motifs is 1. The fourth-order valence-electron chi connectivity index (χ4n) is 3.12. The molecule has 0 fully saturated rings. The Hall–Kier alpha value is -2.87. The Morgan fingerprint density at radius 2 is 1.63 bits per heavy atom. The van der Waals surface area contributed by atoms with Gasteiger partial charge in [0.25, 0.3) is 0 Å². The van der Waals surface area contributed by atoms with Gasteiger partial charge >= 0.3 is 0 Å². The number of nitrogens with one attached hydrogen (secondary N) is 1. The highest BCUT2D eigenvalue weighted by Gasteiger charge is 2.19. The number of ether oxygens (including phenoxy) is 5. The van der Waals surface area contributed by atoms with Gasteiger partial charge in [0.05, 0.1) is 27.4 Å². The second-order valence-electron chi connectivity index (χ2n) is 6.54. The highest BCUT2D eigenvalue weighted by atomic mass is 79.9. The first kappa shape index (κ1) is 21.8. The second kappa shape index (κ2) is 9.75. The van der Waals surface area contributed by atoms with Crippen LogP contribution in [-0.2, 0) is 4.79 Å². The maximum atomic E-state index is 12.5. The molecule has 0 saturated heterocycles. The average molecular weight is 478 g/mol. The quantitative estimate of drug-likeness (QED) is 0.604. The summed E-state index contributed by atoms with van der Waals surface area (Å²) in [6.07, 6.45) is 3.15. The largest absolute Gasteiger partial charge is 0.493 e. The zero-order chi connectivity index (χ0) is 21.7. The van der Waals surface area contributed by atoms with Crippen LogP contribution in [0.5, 0.6) is 28.7 Å². The van der Waals surface area contributed by atoms with Crippen molar-refractivity contribution < 1.29 is 28.5 Å². The van der Waals surface area contributed by atoms with Crippen LogP contribution >= 0.6 is 15.9 Å². The number of carbonyl (C=O) groups excluding carboxylic acids is 1. The van der Waals surface area contributed by atoms with Gasteiger partial charge in [-0.2, -0.15) is 0 Å². The normalized spacial score (nSPS) is 13.6. The van der Waals surface area contributed by atoms with Crippen molar-refractivity contribution in [1.29, 1.82) is 0 Å². The van der Waals surface area contributed by atoms with E-state index in [1.54, 1.807) is 39.5 Å². The molecule has 0 spiro atoms. The standard InChI is InChI=1S/C22H24BrNO6/c1-13(15-11-17-18(12-16(15)23)30-8-7-29-17)24-21(25)6-5-14-9-19(26-2)22(28-4)20(10-14)27-3/h5-6,9-13H,7-8H2,1-4H3,(H,24,25). The molecule has 1 unspecified atom stereocenters. The first-order chi connectivity index (χ1) is 14.5. The van der Waals surface area contributed by atoms with E-state index in [0.29, 0.717) is 42.0 Å². The summed E-state index contributed by atoms with van der Waals surface area (Å²) in [4.78, 5) is 12.5. The van der Waals surface area contributed by atoms with Crippen LogP contribution in [0.4, 0.5) is 0 Å². The predicted octanol–water partition coefficient (Wildman–Crippen LogP) is 4.14. The molecule has 0 radical (unpaired) electrons. The minimum absolute atomic E-state index is 0.238. The van der Waals surface area contributed by atoms with Gasteiger partial charge in [-0.25, -0.2) is 0 Å². The van der Waals surface area contributed by atoms with Gasteiger partial charge < -0.3 is 29.0 Å². The first-order valence-corrected chi connectivity index (χ1v) is 10.1. The maximum absolute atomic E-state index is 12.5. The van der Waals surface area contributed by atoms with Crippen molar-refractivity contribution in [3.05, 3.63) is 45.9 Å². The molecule has 2 aromatic rings. The molecule has 1 aliphatic rings. The van der Waals surface area contributed by atoms with Gasteiger partial charge in [-0.3, -0.25) is 4.79 Å². The Morgan fingerprint density at radius 3 is 2.20 bits per heavy atom. The van der Waals surface area contributed by atoms with Gasteiger partial charge in [-0.15, -0.1) is 0 Å². The lowest BCUT2D eigenvalue weighted by atomic mass is 10.1. The summed E-state index contributed by atoms with van der Waals surface area (Å²) in [6, 6.07) is 7.04. The summed E-state index contributed by atoms with van der Waals surface area (Å²) < 4.78 is 28.1. The Morgan fingerprint density at radius 1 is 1.03 bits per heavy atom. The zero-order valence-electron chi connectivity index (χ0n) is 17.3. The predicted molar refractivity (Wildman–Crippen MR) is 117 cm³/mol. The SMILES string of the molecule is COc1cc(C=CC(=O)NC(C)c2cc3c(cc2Br)OCCO3)cc(OC)c1OC. The third-order valence-corrected chi connectivity index (χ3v) is 5.29. The molecule has 1 amide bonds. The van der Waals surface area contributed by atoms with Crippen molar-refractivity contribution in [3.8, 4) is 28.7 Å². The van der Waals surface area contributed by atoms with Crippen molar-refractivity contribution >= 4 is 27.9 Å². The number of methoxy groups -OCH3 is 3. The van der Waals surface area contributed by atoms with Gasteiger partial charge in [0.15, 0.2) is 23.0 Å². The minimum Gasteiger partial charge on any atom is -0.493 e. The van der Waals surface area contributed by atoms with E-state index in [-0.39, 0.29) is 11.9 Å². The molecule has 1 atom stereocenters. The van der Waals surface area contributed by atoms with Crippen LogP contribution in [0.1, 0.15) is 24.1 Å². The van der Waals surface area contributed by atoms with Crippen LogP contribution in [0.2, 0.25) is 0 Å². The smallest absolute Gasteiger partial charge is 0.244 e. The number of hydrogen-bond acceptors (Lipinski definition) is 6. The third kappa shape index (κ3) is 4.81. The van der Waals surface area contributed by atoms with Gasteiger partial charge in [0.1, 0.15) is 13.2 Å². The van der Waals surface area contributed by atoms with E-state index in [0.717, 1.165) is 15.6 Å². The summed E-state index contributed by atoms with van der Waals surface area (Å²) in [5.41, 5.74) is 1.64. The first-order valence-electron chi connectivity index (χ1n) is 9.34. The lowest BCUT2D eigenvalue weighted by Gasteiger charge is -2.22. The lowest BCUT2D eigenvalue weighted by molar-refractivity contribution is -0.117. The molecule has 2 aromatic carbocycles. The van der Waals surface area contributed by atoms with Gasteiger partial charge in [-0.1, -0.05) is 15.9 Å². The van der Waals surface area contributed by atoms with E-state index in [1.807, 2.05) is 19.1 Å². The number of carbonyl (C=O) groups is 1. The van der Waals surface area contributed by atoms with Gasteiger partial charge in [-0.05, 0) is 48.4 Å². The van der Waals surface area contributed by atoms with Crippen LogP contribution in [0.15, 0.2) is 34.8 Å². The van der Waals surface area contributed by atoms with Gasteiger partial charge in [0, 0.05) is 10.5 Å². The van der Waals surface area contributed by atoms with Crippen LogP contribution in [0.25, 0.3) is 6.08 Å². The van der Waals surface area contributed by atoms with E-state index in [9.17, 15) is 4.79 Å². The fraction of sp³-hybridized carbons (Fsp3) is 0.318. The molecule has 0 saturated carbocycles. The molecular weight excluding hydrogens is 454 g/mol. The van der Waals surface area contributed by atoms with Crippen molar-refractivity contribution in [2.45, 2.75) is 13.0 Å². The fourth-order valence-corrected chi connectivity index (χ4v) is 3.79. The molecule has 0 aliphatic carbocycles. The van der Waals surface area contributed by atoms with E-state index < -0.39 is 0 Å². The molecule has 7 nitrogen and oxygen atoms in total. The number of hydrogen-bond donors (Lipinski definition) is 1. The average Bonchev–Trinajstić information content (AvgIpc) is 2.76. The molecule has 3 rings (SSSR count). The van der Waals surface area contributed by atoms with E-state index in [4.69, 9.17) is 23.7 Å². The molecule has 30 heavy (non-hydrogen) atoms. The second-order valence-corrected chi connectivity index (χ2v) is 7.39. The van der Waals surface area contributed by atoms with E-state index in [1.165, 1.54) is 6.08 Å². The van der Waals surface area contributed by atoms with Crippen LogP contribution in [0.3, 0.4) is 0 Å². The minimum atomic E-state index is -0.243. The molecule has 0 bridgehead atoms. The number of benzene rings is 2. The summed E-state index contributed by atoms with van der Waals surface area (Å²) >= 11 is 3.54. The molecular formula is C22H24BrNO6. The van der Waals surface area contributed by atoms with E-state index in [2.05, 4.69) is 21.2 Å². The van der Waals surface area contributed by atoms with E-state index >= 15 is 0 Å². The van der Waals surface area contributed by atoms with Crippen molar-refractivity contribution in [2.24, 2.45) is 0 Å². The van der Waals surface area contributed by atoms with Crippen LogP contribution in [-0.4, -0.2) is 40.5 Å². The third-order valence-electron chi connectivity index (χ3n) is 4.60. The Labute approximate surface area is 184 Å². The van der Waals surface area contributed by atoms with Crippen molar-refractivity contribution in [1.82, 2.24) is 5.32 Å². The molecule has 1 heterocycles. The summed E-state index contributed by atoms with van der Waals surface area (Å²) in [5.74, 6) is 2.67. The van der Waals surface area contributed by atoms with Crippen molar-refractivity contribution in [3.63, 3.8) is 0 Å². The van der Waals surface area contributed by atoms with Crippen LogP contribution < -0.4 is 29.0 Å². The molecule has 160 valence electrons.